The van der Waals surface area contributed by atoms with Gasteiger partial charge in [0.2, 0.25) is 0 Å². The summed E-state index contributed by atoms with van der Waals surface area (Å²) < 4.78 is 0. The number of Topliss-reactive ketones (excluding diaryl/α,β-unsaturated/α-hetero) is 1. The van der Waals surface area contributed by atoms with Crippen LogP contribution in [0.5, 0.6) is 0 Å². The van der Waals surface area contributed by atoms with Gasteiger partial charge in [-0.3, -0.25) is 4.79 Å². The monoisotopic (exact) mass is 130 g/mol. The molecule has 1 saturated carbocycles. The fourth-order valence-electron chi connectivity index (χ4n) is 0.321. The minimum absolute atomic E-state index is 0.435. The molecule has 9 heavy (non-hydrogen) atoms. The van der Waals surface area contributed by atoms with Gasteiger partial charge in [-0.25, -0.2) is 0 Å². The van der Waals surface area contributed by atoms with Gasteiger partial charge in [0.15, 0.2) is 0 Å². The lowest BCUT2D eigenvalue weighted by atomic mass is 9.99. The summed E-state index contributed by atoms with van der Waals surface area (Å²) in [5.74, 6) is 0.435. The average molecular weight is 130 g/mol. The summed E-state index contributed by atoms with van der Waals surface area (Å²) in [7, 11) is 0. The third-order valence-corrected chi connectivity index (χ3v) is 0.911. The molecule has 0 unspecified atom stereocenters. The third-order valence-electron chi connectivity index (χ3n) is 0.911. The van der Waals surface area contributed by atoms with E-state index in [1.807, 2.05) is 27.7 Å². The van der Waals surface area contributed by atoms with Crippen molar-refractivity contribution in [3.05, 3.63) is 0 Å². The molecule has 0 N–H and O–H groups in total. The van der Waals surface area contributed by atoms with Crippen molar-refractivity contribution in [3.8, 4) is 0 Å². The largest absolute Gasteiger partial charge is 0.300 e. The molecule has 0 aliphatic heterocycles. The van der Waals surface area contributed by atoms with E-state index in [1.165, 1.54) is 0 Å². The van der Waals surface area contributed by atoms with Gasteiger partial charge in [-0.15, -0.1) is 0 Å². The SMILES string of the molecule is CC.CC.O=C1CCC1. The van der Waals surface area contributed by atoms with E-state index < -0.39 is 0 Å². The Morgan fingerprint density at radius 1 is 1.00 bits per heavy atom. The van der Waals surface area contributed by atoms with E-state index in [0.717, 1.165) is 19.3 Å². The molecular weight excluding hydrogens is 112 g/mol. The Morgan fingerprint density at radius 3 is 1.22 bits per heavy atom. The molecule has 0 radical (unpaired) electrons. The quantitative estimate of drug-likeness (QED) is 0.492. The summed E-state index contributed by atoms with van der Waals surface area (Å²) in [6.07, 6.45) is 2.83. The Morgan fingerprint density at radius 2 is 1.22 bits per heavy atom. The van der Waals surface area contributed by atoms with Gasteiger partial charge in [0.25, 0.3) is 0 Å². The van der Waals surface area contributed by atoms with Gasteiger partial charge in [-0.05, 0) is 6.42 Å². The average Bonchev–Trinajstić information content (AvgIpc) is 1.93. The van der Waals surface area contributed by atoms with Crippen molar-refractivity contribution in [2.45, 2.75) is 47.0 Å². The maximum absolute atomic E-state index is 9.90. The Balaban J connectivity index is 0. The number of carbonyl (C=O) groups excluding carboxylic acids is 1. The molecule has 1 aliphatic carbocycles. The lowest BCUT2D eigenvalue weighted by Gasteiger charge is -2.05. The molecule has 0 aromatic heterocycles. The normalized spacial score (nSPS) is 13.6. The van der Waals surface area contributed by atoms with Gasteiger partial charge < -0.3 is 0 Å². The van der Waals surface area contributed by atoms with Crippen LogP contribution in [0, 0.1) is 0 Å². The fraction of sp³-hybridized carbons (Fsp3) is 0.875. The maximum Gasteiger partial charge on any atom is 0.132 e. The molecule has 1 nitrogen and oxygen atoms in total. The number of ketones is 1. The third kappa shape index (κ3) is 7.67. The van der Waals surface area contributed by atoms with Crippen LogP contribution < -0.4 is 0 Å². The molecule has 0 aromatic rings. The standard InChI is InChI=1S/C4H6O.2C2H6/c5-4-2-1-3-4;2*1-2/h1-3H2;2*1-2H3. The highest BCUT2D eigenvalue weighted by Gasteiger charge is 2.09. The number of rotatable bonds is 0. The summed E-state index contributed by atoms with van der Waals surface area (Å²) >= 11 is 0. The molecule has 0 heterocycles. The first-order valence-corrected chi connectivity index (χ1v) is 3.91. The summed E-state index contributed by atoms with van der Waals surface area (Å²) in [4.78, 5) is 9.90. The topological polar surface area (TPSA) is 17.1 Å². The maximum atomic E-state index is 9.90. The highest BCUT2D eigenvalue weighted by atomic mass is 16.1. The molecule has 1 heteroatoms. The first-order valence-electron chi connectivity index (χ1n) is 3.91. The number of hydrogen-bond donors (Lipinski definition) is 0. The van der Waals surface area contributed by atoms with Crippen LogP contribution in [0.15, 0.2) is 0 Å². The summed E-state index contributed by atoms with van der Waals surface area (Å²) in [5, 5.41) is 0. The van der Waals surface area contributed by atoms with E-state index in [1.54, 1.807) is 0 Å². The summed E-state index contributed by atoms with van der Waals surface area (Å²) in [5.41, 5.74) is 0. The van der Waals surface area contributed by atoms with Gasteiger partial charge in [-0.1, -0.05) is 27.7 Å². The van der Waals surface area contributed by atoms with Crippen LogP contribution in [0.4, 0.5) is 0 Å². The first kappa shape index (κ1) is 11.5. The second kappa shape index (κ2) is 10.6. The zero-order valence-electron chi connectivity index (χ0n) is 7.03. The molecule has 0 atom stereocenters. The Kier molecular flexibility index (Phi) is 13.5. The molecule has 0 bridgehead atoms. The lowest BCUT2D eigenvalue weighted by Crippen LogP contribution is -2.07. The molecule has 0 saturated heterocycles. The summed E-state index contributed by atoms with van der Waals surface area (Å²) in [6, 6.07) is 0. The van der Waals surface area contributed by atoms with E-state index in [2.05, 4.69) is 0 Å². The van der Waals surface area contributed by atoms with Crippen LogP contribution in [0.2, 0.25) is 0 Å². The van der Waals surface area contributed by atoms with Crippen LogP contribution in [0.3, 0.4) is 0 Å². The Labute approximate surface area is 58.5 Å². The highest BCUT2D eigenvalue weighted by Crippen LogP contribution is 2.10. The predicted molar refractivity (Wildman–Crippen MR) is 41.6 cm³/mol. The Hall–Kier alpha value is -0.330. The van der Waals surface area contributed by atoms with Crippen molar-refractivity contribution in [1.29, 1.82) is 0 Å². The number of carbonyl (C=O) groups is 1. The van der Waals surface area contributed by atoms with E-state index in [0.29, 0.717) is 5.78 Å². The molecule has 0 aromatic carbocycles. The lowest BCUT2D eigenvalue weighted by molar-refractivity contribution is -0.123. The minimum atomic E-state index is 0.435. The van der Waals surface area contributed by atoms with Crippen molar-refractivity contribution >= 4 is 5.78 Å². The first-order chi connectivity index (χ1) is 4.39. The van der Waals surface area contributed by atoms with Crippen LogP contribution in [-0.4, -0.2) is 5.78 Å². The van der Waals surface area contributed by atoms with Gasteiger partial charge >= 0.3 is 0 Å². The van der Waals surface area contributed by atoms with E-state index in [-0.39, 0.29) is 0 Å². The van der Waals surface area contributed by atoms with Crippen molar-refractivity contribution in [3.63, 3.8) is 0 Å². The van der Waals surface area contributed by atoms with Gasteiger partial charge in [0.05, 0.1) is 0 Å². The van der Waals surface area contributed by atoms with Crippen LogP contribution in [0.25, 0.3) is 0 Å². The van der Waals surface area contributed by atoms with E-state index in [9.17, 15) is 4.79 Å². The smallest absolute Gasteiger partial charge is 0.132 e. The minimum Gasteiger partial charge on any atom is -0.300 e. The predicted octanol–water partition coefficient (Wildman–Crippen LogP) is 2.79. The Bertz CT molecular complexity index is 51.6. The molecule has 0 amide bonds. The van der Waals surface area contributed by atoms with Crippen molar-refractivity contribution < 1.29 is 4.79 Å². The fourth-order valence-corrected chi connectivity index (χ4v) is 0.321. The highest BCUT2D eigenvalue weighted by molar-refractivity contribution is 5.83. The van der Waals surface area contributed by atoms with Crippen molar-refractivity contribution in [2.24, 2.45) is 0 Å². The second-order valence-electron chi connectivity index (χ2n) is 1.39. The zero-order chi connectivity index (χ0) is 7.70. The molecule has 0 spiro atoms. The second-order valence-corrected chi connectivity index (χ2v) is 1.39. The molecule has 1 aliphatic rings. The van der Waals surface area contributed by atoms with Gasteiger partial charge in [-0.2, -0.15) is 0 Å². The molecule has 1 fully saturated rings. The molecular formula is C8H18O. The summed E-state index contributed by atoms with van der Waals surface area (Å²) in [6.45, 7) is 8.00. The van der Waals surface area contributed by atoms with Crippen LogP contribution in [-0.2, 0) is 4.79 Å². The van der Waals surface area contributed by atoms with Crippen LogP contribution in [0.1, 0.15) is 47.0 Å². The van der Waals surface area contributed by atoms with Crippen molar-refractivity contribution in [1.82, 2.24) is 0 Å². The van der Waals surface area contributed by atoms with Gasteiger partial charge in [0, 0.05) is 12.8 Å². The zero-order valence-corrected chi connectivity index (χ0v) is 7.03. The number of hydrogen-bond acceptors (Lipinski definition) is 1. The van der Waals surface area contributed by atoms with E-state index in [4.69, 9.17) is 0 Å². The van der Waals surface area contributed by atoms with Crippen molar-refractivity contribution in [2.75, 3.05) is 0 Å². The molecule has 1 rings (SSSR count). The molecule has 56 valence electrons. The van der Waals surface area contributed by atoms with E-state index >= 15 is 0 Å². The van der Waals surface area contributed by atoms with Gasteiger partial charge in [0.1, 0.15) is 5.78 Å². The van der Waals surface area contributed by atoms with Crippen LogP contribution >= 0.6 is 0 Å².